The van der Waals surface area contributed by atoms with E-state index in [0.717, 1.165) is 29.7 Å². The number of benzene rings is 2. The molecule has 0 saturated carbocycles. The number of hydrogen-bond acceptors (Lipinski definition) is 2. The van der Waals surface area contributed by atoms with Crippen molar-refractivity contribution < 1.29 is 18.0 Å². The number of fused-ring (bicyclic) bond motifs is 2. The minimum absolute atomic E-state index is 0.0907. The molecule has 0 fully saturated rings. The number of carbonyl (C=O) groups is 1. The Morgan fingerprint density at radius 1 is 1.14 bits per heavy atom. The summed E-state index contributed by atoms with van der Waals surface area (Å²) >= 11 is 11.8. The fourth-order valence-corrected chi connectivity index (χ4v) is 4.41. The van der Waals surface area contributed by atoms with Crippen molar-refractivity contribution in [3.8, 4) is 0 Å². The Bertz CT molecular complexity index is 1030. The minimum atomic E-state index is -4.61. The van der Waals surface area contributed by atoms with E-state index >= 15 is 0 Å². The molecule has 1 heterocycles. The normalized spacial score (nSPS) is 17.2. The van der Waals surface area contributed by atoms with Crippen LogP contribution < -0.4 is 5.73 Å². The van der Waals surface area contributed by atoms with Crippen LogP contribution in [0.4, 0.5) is 13.2 Å². The zero-order chi connectivity index (χ0) is 20.9. The van der Waals surface area contributed by atoms with E-state index in [0.29, 0.717) is 24.5 Å². The van der Waals surface area contributed by atoms with Gasteiger partial charge in [0, 0.05) is 18.1 Å². The Kier molecular flexibility index (Phi) is 5.13. The standard InChI is InChI=1S/C21H17Cl2F3N2O/c22-14-3-1-11-7-13-10-28(6-5-15(13)16(11)9-14)20(29)19(27)12-2-4-18(23)17(8-12)21(24,25)26/h1-4,8-9,19H,5-7,10,27H2. The summed E-state index contributed by atoms with van der Waals surface area (Å²) in [7, 11) is 0. The largest absolute Gasteiger partial charge is 0.417 e. The maximum Gasteiger partial charge on any atom is 0.417 e. The summed E-state index contributed by atoms with van der Waals surface area (Å²) in [4.78, 5) is 14.5. The number of carbonyl (C=O) groups excluding carboxylic acids is 1. The maximum absolute atomic E-state index is 13.1. The molecule has 1 aliphatic carbocycles. The number of nitrogens with two attached hydrogens (primary N) is 1. The van der Waals surface area contributed by atoms with Crippen molar-refractivity contribution in [1.29, 1.82) is 0 Å². The Morgan fingerprint density at radius 2 is 1.90 bits per heavy atom. The average molecular weight is 441 g/mol. The first-order valence-corrected chi connectivity index (χ1v) is 9.81. The van der Waals surface area contributed by atoms with E-state index in [2.05, 4.69) is 0 Å². The van der Waals surface area contributed by atoms with Crippen molar-refractivity contribution >= 4 is 34.7 Å². The third-order valence-electron chi connectivity index (χ3n) is 5.47. The van der Waals surface area contributed by atoms with Crippen molar-refractivity contribution in [2.45, 2.75) is 25.1 Å². The molecule has 29 heavy (non-hydrogen) atoms. The average Bonchev–Trinajstić information content (AvgIpc) is 3.03. The van der Waals surface area contributed by atoms with Crippen LogP contribution in [0.2, 0.25) is 10.0 Å². The summed E-state index contributed by atoms with van der Waals surface area (Å²) < 4.78 is 39.4. The lowest BCUT2D eigenvalue weighted by Gasteiger charge is -2.31. The molecule has 2 aromatic rings. The first-order chi connectivity index (χ1) is 13.6. The van der Waals surface area contributed by atoms with Crippen LogP contribution >= 0.6 is 23.2 Å². The van der Waals surface area contributed by atoms with Gasteiger partial charge in [-0.05, 0) is 64.9 Å². The molecule has 2 aliphatic rings. The van der Waals surface area contributed by atoms with Gasteiger partial charge < -0.3 is 10.6 Å². The molecule has 8 heteroatoms. The third-order valence-corrected chi connectivity index (χ3v) is 6.04. The van der Waals surface area contributed by atoms with Crippen LogP contribution in [0.25, 0.3) is 5.57 Å². The molecule has 2 aromatic carbocycles. The molecule has 0 bridgehead atoms. The topological polar surface area (TPSA) is 46.3 Å². The van der Waals surface area contributed by atoms with Gasteiger partial charge in [0.15, 0.2) is 0 Å². The van der Waals surface area contributed by atoms with Gasteiger partial charge in [-0.1, -0.05) is 35.3 Å². The number of amides is 1. The van der Waals surface area contributed by atoms with Gasteiger partial charge >= 0.3 is 6.18 Å². The molecule has 1 amide bonds. The second kappa shape index (κ2) is 7.35. The first-order valence-electron chi connectivity index (χ1n) is 9.06. The van der Waals surface area contributed by atoms with E-state index in [4.69, 9.17) is 28.9 Å². The molecular weight excluding hydrogens is 424 g/mol. The molecule has 3 nitrogen and oxygen atoms in total. The molecule has 4 rings (SSSR count). The van der Waals surface area contributed by atoms with Crippen molar-refractivity contribution in [2.24, 2.45) is 5.73 Å². The number of rotatable bonds is 2. The van der Waals surface area contributed by atoms with E-state index in [1.165, 1.54) is 17.2 Å². The Balaban J connectivity index is 1.54. The van der Waals surface area contributed by atoms with E-state index in [1.807, 2.05) is 18.2 Å². The summed E-state index contributed by atoms with van der Waals surface area (Å²) in [5.74, 6) is -0.402. The highest BCUT2D eigenvalue weighted by molar-refractivity contribution is 6.31. The van der Waals surface area contributed by atoms with Crippen LogP contribution in [-0.2, 0) is 17.4 Å². The van der Waals surface area contributed by atoms with Gasteiger partial charge in [-0.3, -0.25) is 4.79 Å². The number of halogens is 5. The molecule has 1 atom stereocenters. The lowest BCUT2D eigenvalue weighted by atomic mass is 9.97. The van der Waals surface area contributed by atoms with Gasteiger partial charge in [-0.25, -0.2) is 0 Å². The predicted octanol–water partition coefficient (Wildman–Crippen LogP) is 5.25. The van der Waals surface area contributed by atoms with Gasteiger partial charge in [0.2, 0.25) is 5.91 Å². The van der Waals surface area contributed by atoms with E-state index in [-0.39, 0.29) is 5.56 Å². The lowest BCUT2D eigenvalue weighted by molar-refractivity contribution is -0.138. The Hall–Kier alpha value is -2.02. The Morgan fingerprint density at radius 3 is 2.62 bits per heavy atom. The highest BCUT2D eigenvalue weighted by Crippen LogP contribution is 2.40. The van der Waals surface area contributed by atoms with Crippen molar-refractivity contribution in [2.75, 3.05) is 13.1 Å². The van der Waals surface area contributed by atoms with E-state index < -0.39 is 28.7 Å². The van der Waals surface area contributed by atoms with Crippen LogP contribution in [0.5, 0.6) is 0 Å². The minimum Gasteiger partial charge on any atom is -0.337 e. The zero-order valence-electron chi connectivity index (χ0n) is 15.2. The third kappa shape index (κ3) is 3.77. The Labute approximate surface area is 175 Å². The lowest BCUT2D eigenvalue weighted by Crippen LogP contribution is -2.42. The van der Waals surface area contributed by atoms with Gasteiger partial charge in [0.1, 0.15) is 6.04 Å². The highest BCUT2D eigenvalue weighted by atomic mass is 35.5. The summed E-state index contributed by atoms with van der Waals surface area (Å²) in [6, 6.07) is 7.93. The molecule has 1 unspecified atom stereocenters. The molecule has 2 N–H and O–H groups in total. The molecule has 1 aliphatic heterocycles. The molecule has 0 radical (unpaired) electrons. The van der Waals surface area contributed by atoms with Crippen LogP contribution in [0, 0.1) is 0 Å². The molecule has 152 valence electrons. The van der Waals surface area contributed by atoms with E-state index in [1.54, 1.807) is 4.90 Å². The summed E-state index contributed by atoms with van der Waals surface area (Å²) in [6.45, 7) is 0.866. The molecule has 0 saturated heterocycles. The molecule has 0 aromatic heterocycles. The summed E-state index contributed by atoms with van der Waals surface area (Å²) in [6.07, 6.45) is -3.22. The quantitative estimate of drug-likeness (QED) is 0.692. The molecular formula is C21H17Cl2F3N2O. The zero-order valence-corrected chi connectivity index (χ0v) is 16.7. The second-order valence-electron chi connectivity index (χ2n) is 7.28. The second-order valence-corrected chi connectivity index (χ2v) is 8.13. The smallest absolute Gasteiger partial charge is 0.337 e. The fourth-order valence-electron chi connectivity index (χ4n) is 4.01. The predicted molar refractivity (Wildman–Crippen MR) is 107 cm³/mol. The van der Waals surface area contributed by atoms with Crippen LogP contribution in [0.1, 0.15) is 34.7 Å². The van der Waals surface area contributed by atoms with Crippen molar-refractivity contribution in [1.82, 2.24) is 4.90 Å². The summed E-state index contributed by atoms with van der Waals surface area (Å²) in [5, 5.41) is 0.247. The SMILES string of the molecule is NC(C(=O)N1CCC2=C(Cc3ccc(Cl)cc32)C1)c1ccc(Cl)c(C(F)(F)F)c1. The van der Waals surface area contributed by atoms with Gasteiger partial charge in [-0.2, -0.15) is 13.2 Å². The van der Waals surface area contributed by atoms with Gasteiger partial charge in [0.25, 0.3) is 0 Å². The number of nitrogens with zero attached hydrogens (tertiary/aromatic N) is 1. The number of hydrogen-bond donors (Lipinski definition) is 1. The van der Waals surface area contributed by atoms with E-state index in [9.17, 15) is 18.0 Å². The summed E-state index contributed by atoms with van der Waals surface area (Å²) in [5.41, 5.74) is 9.75. The van der Waals surface area contributed by atoms with Gasteiger partial charge in [-0.15, -0.1) is 0 Å². The van der Waals surface area contributed by atoms with Crippen molar-refractivity contribution in [3.05, 3.63) is 74.3 Å². The van der Waals surface area contributed by atoms with Crippen molar-refractivity contribution in [3.63, 3.8) is 0 Å². The van der Waals surface area contributed by atoms with Gasteiger partial charge in [0.05, 0.1) is 10.6 Å². The van der Waals surface area contributed by atoms with Crippen LogP contribution in [-0.4, -0.2) is 23.9 Å². The highest BCUT2D eigenvalue weighted by Gasteiger charge is 2.35. The maximum atomic E-state index is 13.1. The van der Waals surface area contributed by atoms with Crippen LogP contribution in [0.15, 0.2) is 42.0 Å². The first kappa shape index (κ1) is 20.3. The fraction of sp³-hybridized carbons (Fsp3) is 0.286. The number of alkyl halides is 3. The molecule has 0 spiro atoms. The van der Waals surface area contributed by atoms with Crippen LogP contribution in [0.3, 0.4) is 0 Å². The monoisotopic (exact) mass is 440 g/mol.